The molecular formula is C96H118N6O22S2. The van der Waals surface area contributed by atoms with Crippen molar-refractivity contribution in [3.63, 3.8) is 0 Å². The molecule has 0 bridgehead atoms. The number of benzene rings is 4. The third kappa shape index (κ3) is 20.7. The molecule has 4 aromatic carbocycles. The lowest BCUT2D eigenvalue weighted by Gasteiger charge is -2.32. The molecule has 10 aliphatic rings. The summed E-state index contributed by atoms with van der Waals surface area (Å²) in [4.78, 5) is 128. The van der Waals surface area contributed by atoms with Crippen LogP contribution in [-0.2, 0) is 67.9 Å². The number of amides is 4. The van der Waals surface area contributed by atoms with Crippen molar-refractivity contribution in [2.24, 2.45) is 58.2 Å². The van der Waals surface area contributed by atoms with E-state index in [0.717, 1.165) is 34.7 Å². The van der Waals surface area contributed by atoms with Crippen LogP contribution in [0.4, 0.5) is 0 Å². The molecule has 6 fully saturated rings. The fourth-order valence-electron chi connectivity index (χ4n) is 19.0. The lowest BCUT2D eigenvalue weighted by molar-refractivity contribution is -0.160. The Hall–Kier alpha value is -10.4. The smallest absolute Gasteiger partial charge is 0.307 e. The number of carbonyl (C=O) groups is 8. The van der Waals surface area contributed by atoms with Gasteiger partial charge in [-0.25, -0.2) is 26.8 Å². The minimum Gasteiger partial charge on any atom is -0.497 e. The molecule has 2 unspecified atom stereocenters. The van der Waals surface area contributed by atoms with Crippen molar-refractivity contribution in [3.05, 3.63) is 109 Å². The summed E-state index contributed by atoms with van der Waals surface area (Å²) < 4.78 is 116. The minimum absolute atomic E-state index is 0.00843. The van der Waals surface area contributed by atoms with E-state index in [1.54, 1.807) is 55.8 Å². The SMILES string of the molecule is COc1ccc2c(OC3C[C@H]4C(=O)C[C@]5(C(=O)NS(=O)(=O)C6CC6)C[C@H]5/C=C\CC[C@@H](C)C[C@@H](C)[C@H](CC(=O)OC(C)(C)C)C(=O)N4C3)nc(-c3ccc4c(c3)OCCO4)cc2c1.COc1ccc2c(OC3C[C@H]4C(=O)C[C@]5(C(=O)NS(=O)(=O)C6CC6)C[C@H]5/C=C\CC[C@H](C)C[C@@H](C)[C@H](CC(=O)OC(C)(C)C)C(=O)N4C3)nc(-c3ccc4c(c3)OCCO4)cc2c1. The molecule has 0 spiro atoms. The molecule has 28 nitrogen and oxygen atoms in total. The molecule has 2 N–H and O–H groups in total. The number of esters is 2. The van der Waals surface area contributed by atoms with Crippen LogP contribution in [0.2, 0.25) is 0 Å². The number of methoxy groups -OCH3 is 2. The van der Waals surface area contributed by atoms with Gasteiger partial charge in [0.15, 0.2) is 34.6 Å². The molecule has 4 saturated carbocycles. The molecule has 2 saturated heterocycles. The Labute approximate surface area is 737 Å². The van der Waals surface area contributed by atoms with Gasteiger partial charge in [-0.05, 0) is 250 Å². The number of carbonyl (C=O) groups excluding carboxylic acids is 8. The zero-order valence-electron chi connectivity index (χ0n) is 74.0. The number of Topliss-reactive ketones (excluding diaryl/α,β-unsaturated/α-hetero) is 2. The standard InChI is InChI=1S/2C48H59N3O11S/c2*1-28-9-7-8-10-32-25-48(32,46(55)50-63(56,57)35-13-14-35)26-40(52)39-23-34(27-51(39)45(54)37(29(2)19-28)24-43(53)62-47(3,4)5)61-44-36-15-12-33(58-6)20-31(36)21-38(49-44)30-11-16-41-42(22-30)60-18-17-59-41/h2*8,10-12,15-16,20-22,28-29,32,34-35,37,39H,7,9,13-14,17-19,23-27H2,1-6H3,(H,50,55)/b2*10-8-/t28-,29+,32+,34?,37-,39-,48+;28-,29-,32-,34?,37+,39+,48-/m01/s1. The van der Waals surface area contributed by atoms with Gasteiger partial charge in [0.25, 0.3) is 0 Å². The average molecular weight is 1770 g/mol. The van der Waals surface area contributed by atoms with Gasteiger partial charge in [-0.2, -0.15) is 0 Å². The van der Waals surface area contributed by atoms with Crippen LogP contribution in [0.25, 0.3) is 44.1 Å². The van der Waals surface area contributed by atoms with Gasteiger partial charge < -0.3 is 57.2 Å². The molecule has 4 aliphatic carbocycles. The molecule has 6 aromatic rings. The Bertz CT molecular complexity index is 5180. The maximum atomic E-state index is 15.1. The van der Waals surface area contributed by atoms with E-state index in [0.29, 0.717) is 147 Å². The van der Waals surface area contributed by atoms with Crippen LogP contribution in [0, 0.1) is 58.2 Å². The van der Waals surface area contributed by atoms with E-state index < -0.39 is 112 Å². The topological polar surface area (TPSA) is 353 Å². The first kappa shape index (κ1) is 90.4. The second-order valence-electron chi connectivity index (χ2n) is 38.5. The summed E-state index contributed by atoms with van der Waals surface area (Å²) in [6, 6.07) is 24.1. The lowest BCUT2D eigenvalue weighted by atomic mass is 9.82. The largest absolute Gasteiger partial charge is 0.497 e. The van der Waals surface area contributed by atoms with Gasteiger partial charge in [0.1, 0.15) is 61.3 Å². The minimum atomic E-state index is -3.89. The number of hydrogen-bond donors (Lipinski definition) is 2. The second kappa shape index (κ2) is 36.4. The van der Waals surface area contributed by atoms with Crippen molar-refractivity contribution in [1.82, 2.24) is 29.2 Å². The van der Waals surface area contributed by atoms with Gasteiger partial charge in [-0.3, -0.25) is 47.8 Å². The highest BCUT2D eigenvalue weighted by Crippen LogP contribution is 2.59. The highest BCUT2D eigenvalue weighted by atomic mass is 32.2. The number of sulfonamides is 2. The quantitative estimate of drug-likeness (QED) is 0.0596. The molecule has 676 valence electrons. The van der Waals surface area contributed by atoms with E-state index in [1.165, 1.54) is 9.80 Å². The fraction of sp³-hybridized carbons (Fsp3) is 0.562. The maximum Gasteiger partial charge on any atom is 0.307 e. The van der Waals surface area contributed by atoms with Crippen LogP contribution < -0.4 is 47.3 Å². The number of ketones is 2. The molecule has 30 heteroatoms. The van der Waals surface area contributed by atoms with Crippen LogP contribution in [0.1, 0.15) is 185 Å². The van der Waals surface area contributed by atoms with Gasteiger partial charge in [0.05, 0.1) is 96.8 Å². The Morgan fingerprint density at radius 1 is 0.492 bits per heavy atom. The Balaban J connectivity index is 0.000000194. The first-order valence-corrected chi connectivity index (χ1v) is 47.6. The van der Waals surface area contributed by atoms with E-state index in [2.05, 4.69) is 23.3 Å². The average Bonchev–Trinajstić information content (AvgIpc) is 1.57. The molecule has 6 aliphatic heterocycles. The Morgan fingerprint density at radius 2 is 0.873 bits per heavy atom. The highest BCUT2D eigenvalue weighted by molar-refractivity contribution is 7.91. The summed E-state index contributed by atoms with van der Waals surface area (Å²) in [5.74, 6) is -1.98. The predicted octanol–water partition coefficient (Wildman–Crippen LogP) is 13.9. The van der Waals surface area contributed by atoms with Gasteiger partial charge in [-0.15, -0.1) is 0 Å². The Morgan fingerprint density at radius 3 is 1.24 bits per heavy atom. The summed E-state index contributed by atoms with van der Waals surface area (Å²) in [5, 5.41) is 1.70. The number of rotatable bonds is 18. The number of pyridine rings is 2. The zero-order chi connectivity index (χ0) is 89.7. The monoisotopic (exact) mass is 1770 g/mol. The van der Waals surface area contributed by atoms with E-state index in [1.807, 2.05) is 123 Å². The number of fused-ring (bicyclic) bond motifs is 8. The van der Waals surface area contributed by atoms with Crippen molar-refractivity contribution in [1.29, 1.82) is 0 Å². The summed E-state index contributed by atoms with van der Waals surface area (Å²) in [7, 11) is -4.60. The number of nitrogens with zero attached hydrogens (tertiary/aromatic N) is 4. The number of hydrogen-bond acceptors (Lipinski definition) is 24. The zero-order valence-corrected chi connectivity index (χ0v) is 75.7. The summed E-state index contributed by atoms with van der Waals surface area (Å²) in [6.07, 6.45) is 12.6. The van der Waals surface area contributed by atoms with Crippen LogP contribution >= 0.6 is 0 Å². The van der Waals surface area contributed by atoms with E-state index >= 15 is 9.59 Å². The maximum absolute atomic E-state index is 15.1. The van der Waals surface area contributed by atoms with E-state index in [4.69, 9.17) is 57.3 Å². The van der Waals surface area contributed by atoms with Crippen LogP contribution in [-0.4, -0.2) is 183 Å². The number of ether oxygens (including phenoxy) is 10. The van der Waals surface area contributed by atoms with Crippen molar-refractivity contribution in [2.45, 2.75) is 231 Å². The molecule has 126 heavy (non-hydrogen) atoms. The Kier molecular flexibility index (Phi) is 26.1. The number of aromatic nitrogens is 2. The first-order chi connectivity index (χ1) is 59.8. The van der Waals surface area contributed by atoms with Crippen molar-refractivity contribution >= 4 is 88.7 Å². The normalized spacial score (nSPS) is 28.2. The van der Waals surface area contributed by atoms with Crippen LogP contribution in [0.5, 0.6) is 46.3 Å². The van der Waals surface area contributed by atoms with E-state index in [-0.39, 0.29) is 122 Å². The first-order valence-electron chi connectivity index (χ1n) is 44.5. The molecule has 14 atom stereocenters. The molecular weight excluding hydrogens is 1650 g/mol. The van der Waals surface area contributed by atoms with Gasteiger partial charge in [0.2, 0.25) is 55.4 Å². The molecule has 4 amide bonds. The fourth-order valence-corrected chi connectivity index (χ4v) is 21.7. The van der Waals surface area contributed by atoms with E-state index in [9.17, 15) is 45.6 Å². The molecule has 8 heterocycles. The second-order valence-corrected chi connectivity index (χ2v) is 42.4. The lowest BCUT2D eigenvalue weighted by Crippen LogP contribution is -2.47. The van der Waals surface area contributed by atoms with Crippen LogP contribution in [0.15, 0.2) is 109 Å². The summed E-state index contributed by atoms with van der Waals surface area (Å²) >= 11 is 0. The van der Waals surface area contributed by atoms with Crippen molar-refractivity contribution in [2.75, 3.05) is 53.7 Å². The molecule has 2 aromatic heterocycles. The highest BCUT2D eigenvalue weighted by Gasteiger charge is 2.64. The summed E-state index contributed by atoms with van der Waals surface area (Å²) in [6.45, 7) is 20.6. The molecule has 0 radical (unpaired) electrons. The number of allylic oxidation sites excluding steroid dienone is 4. The third-order valence-electron chi connectivity index (χ3n) is 26.2. The number of nitrogens with one attached hydrogen (secondary N) is 2. The third-order valence-corrected chi connectivity index (χ3v) is 29.8. The van der Waals surface area contributed by atoms with Gasteiger partial charge in [0, 0.05) is 47.6 Å². The van der Waals surface area contributed by atoms with Crippen molar-refractivity contribution < 1.29 is 103 Å². The van der Waals surface area contributed by atoms with Crippen LogP contribution in [0.3, 0.4) is 0 Å². The predicted molar refractivity (Wildman–Crippen MR) is 470 cm³/mol. The summed E-state index contributed by atoms with van der Waals surface area (Å²) in [5.41, 5.74) is -1.43. The van der Waals surface area contributed by atoms with Crippen molar-refractivity contribution in [3.8, 4) is 68.8 Å². The molecule has 16 rings (SSSR count). The van der Waals surface area contributed by atoms with Gasteiger partial charge in [-0.1, -0.05) is 52.0 Å². The van der Waals surface area contributed by atoms with Gasteiger partial charge >= 0.3 is 11.9 Å².